The summed E-state index contributed by atoms with van der Waals surface area (Å²) in [5.41, 5.74) is 19.7. The van der Waals surface area contributed by atoms with E-state index in [-0.39, 0.29) is 5.41 Å². The van der Waals surface area contributed by atoms with Crippen molar-refractivity contribution in [2.24, 2.45) is 0 Å². The zero-order chi connectivity index (χ0) is 26.0. The zero-order valence-corrected chi connectivity index (χ0v) is 24.6. The van der Waals surface area contributed by atoms with Gasteiger partial charge in [0.2, 0.25) is 0 Å². The number of fused-ring (bicyclic) bond motifs is 10. The molecule has 0 saturated heterocycles. The number of rotatable bonds is 0. The molecular weight excluding hydrogens is 477 g/mol. The number of hydrogen-bond acceptors (Lipinski definition) is 0. The van der Waals surface area contributed by atoms with Crippen molar-refractivity contribution in [2.75, 3.05) is 0 Å². The Morgan fingerprint density at radius 3 is 1.24 bits per heavy atom. The lowest BCUT2D eigenvalue weighted by atomic mass is 9.70. The summed E-state index contributed by atoms with van der Waals surface area (Å²) in [5.74, 6) is 7.08. The molecule has 37 heavy (non-hydrogen) atoms. The largest absolute Gasteiger partial charge is 0.129 e. The summed E-state index contributed by atoms with van der Waals surface area (Å²) in [4.78, 5) is 0. The average molecular weight is 509 g/mol. The van der Waals surface area contributed by atoms with Crippen molar-refractivity contribution < 1.29 is 0 Å². The topological polar surface area (TPSA) is 0 Å². The maximum atomic E-state index is 3.58. The van der Waals surface area contributed by atoms with Crippen molar-refractivity contribution in [3.05, 3.63) is 118 Å². The van der Waals surface area contributed by atoms with Gasteiger partial charge in [-0.15, -0.1) is 11.1 Å². The molecule has 2 heteroatoms. The molecule has 6 rings (SSSR count). The molecule has 4 aromatic carbocycles. The lowest BCUT2D eigenvalue weighted by Gasteiger charge is -2.30. The van der Waals surface area contributed by atoms with Crippen LogP contribution in [0.2, 0.25) is 39.3 Å². The van der Waals surface area contributed by atoms with Gasteiger partial charge in [-0.1, -0.05) is 112 Å². The molecule has 0 amide bonds. The van der Waals surface area contributed by atoms with Crippen LogP contribution in [0.15, 0.2) is 84.9 Å². The van der Waals surface area contributed by atoms with Crippen LogP contribution in [0, 0.1) is 22.9 Å². The highest BCUT2D eigenvalue weighted by molar-refractivity contribution is 6.84. The second-order valence-electron chi connectivity index (χ2n) is 12.4. The Morgan fingerprint density at radius 1 is 0.459 bits per heavy atom. The molecule has 0 saturated carbocycles. The maximum Gasteiger partial charge on any atom is 0.129 e. The molecule has 0 nitrogen and oxygen atoms in total. The van der Waals surface area contributed by atoms with Gasteiger partial charge in [0.1, 0.15) is 16.1 Å². The summed E-state index contributed by atoms with van der Waals surface area (Å²) in [6.07, 6.45) is 0. The predicted molar refractivity (Wildman–Crippen MR) is 163 cm³/mol. The summed E-state index contributed by atoms with van der Waals surface area (Å²) in [6.45, 7) is 13.8. The van der Waals surface area contributed by atoms with Crippen LogP contribution in [-0.4, -0.2) is 16.1 Å². The van der Waals surface area contributed by atoms with Crippen LogP contribution in [0.4, 0.5) is 0 Å². The normalized spacial score (nSPS) is 14.0. The Hall–Kier alpha value is -3.57. The first-order valence-electron chi connectivity index (χ1n) is 13.1. The number of benzene rings is 4. The van der Waals surface area contributed by atoms with Gasteiger partial charge in [-0.3, -0.25) is 0 Å². The minimum atomic E-state index is -1.49. The summed E-state index contributed by atoms with van der Waals surface area (Å²) in [6, 6.07) is 31.7. The van der Waals surface area contributed by atoms with Gasteiger partial charge in [0.15, 0.2) is 0 Å². The van der Waals surface area contributed by atoms with Crippen molar-refractivity contribution in [3.8, 4) is 45.2 Å². The molecule has 0 aliphatic heterocycles. The smallest absolute Gasteiger partial charge is 0.127 e. The van der Waals surface area contributed by atoms with E-state index < -0.39 is 16.1 Å². The fraction of sp³-hybridized carbons (Fsp3) is 0.200. The standard InChI is InChI=1S/C35H32Si2/c1-36(2,3)21-19-25-15-17-29-30-18-16-26(20-22-37(4,5)6)24-34(30)35(33(29)23-25)31-13-9-7-11-27(31)28-12-8-10-14-32(28)35/h7-18,23-24H,1-6H3. The highest BCUT2D eigenvalue weighted by Crippen LogP contribution is 2.62. The summed E-state index contributed by atoms with van der Waals surface area (Å²) >= 11 is 0. The molecule has 0 atom stereocenters. The minimum absolute atomic E-state index is 0.356. The van der Waals surface area contributed by atoms with Crippen molar-refractivity contribution in [1.29, 1.82) is 0 Å². The van der Waals surface area contributed by atoms with Gasteiger partial charge in [-0.05, 0) is 68.8 Å². The van der Waals surface area contributed by atoms with Crippen molar-refractivity contribution in [2.45, 2.75) is 44.7 Å². The Kier molecular flexibility index (Phi) is 5.29. The summed E-state index contributed by atoms with van der Waals surface area (Å²) in [7, 11) is -2.98. The molecule has 0 heterocycles. The van der Waals surface area contributed by atoms with Crippen LogP contribution in [0.25, 0.3) is 22.3 Å². The molecule has 180 valence electrons. The fourth-order valence-electron chi connectivity index (χ4n) is 5.81. The first kappa shape index (κ1) is 23.8. The molecule has 0 N–H and O–H groups in total. The van der Waals surface area contributed by atoms with Gasteiger partial charge in [-0.2, -0.15) is 0 Å². The summed E-state index contributed by atoms with van der Waals surface area (Å²) < 4.78 is 0. The highest BCUT2D eigenvalue weighted by atomic mass is 28.3. The quantitative estimate of drug-likeness (QED) is 0.142. The molecule has 2 aliphatic carbocycles. The second kappa shape index (κ2) is 8.22. The van der Waals surface area contributed by atoms with Crippen LogP contribution in [0.3, 0.4) is 0 Å². The number of hydrogen-bond donors (Lipinski definition) is 0. The van der Waals surface area contributed by atoms with Crippen LogP contribution >= 0.6 is 0 Å². The first-order chi connectivity index (χ1) is 17.6. The van der Waals surface area contributed by atoms with Gasteiger partial charge in [0.05, 0.1) is 5.41 Å². The van der Waals surface area contributed by atoms with E-state index in [4.69, 9.17) is 0 Å². The Bertz CT molecular complexity index is 1570. The predicted octanol–water partition coefficient (Wildman–Crippen LogP) is 8.49. The van der Waals surface area contributed by atoms with E-state index in [0.717, 1.165) is 11.1 Å². The third-order valence-corrected chi connectivity index (χ3v) is 9.00. The van der Waals surface area contributed by atoms with E-state index in [9.17, 15) is 0 Å². The van der Waals surface area contributed by atoms with E-state index in [1.165, 1.54) is 44.5 Å². The van der Waals surface area contributed by atoms with E-state index >= 15 is 0 Å². The fourth-order valence-corrected chi connectivity index (χ4v) is 6.85. The summed E-state index contributed by atoms with van der Waals surface area (Å²) in [5, 5.41) is 0. The average Bonchev–Trinajstić information content (AvgIpc) is 3.32. The monoisotopic (exact) mass is 508 g/mol. The molecule has 4 aromatic rings. The molecule has 2 aliphatic rings. The Balaban J connectivity index is 1.70. The lowest BCUT2D eigenvalue weighted by Crippen LogP contribution is -2.26. The Labute approximate surface area is 223 Å². The first-order valence-corrected chi connectivity index (χ1v) is 20.1. The van der Waals surface area contributed by atoms with Crippen molar-refractivity contribution >= 4 is 16.1 Å². The van der Waals surface area contributed by atoms with E-state index in [0.29, 0.717) is 0 Å². The van der Waals surface area contributed by atoms with E-state index in [1.807, 2.05) is 0 Å². The van der Waals surface area contributed by atoms with Crippen LogP contribution in [0.1, 0.15) is 33.4 Å². The van der Waals surface area contributed by atoms with E-state index in [1.54, 1.807) is 0 Å². The highest BCUT2D eigenvalue weighted by Gasteiger charge is 2.51. The molecule has 1 spiro atoms. The lowest BCUT2D eigenvalue weighted by molar-refractivity contribution is 0.793. The molecular formula is C35H32Si2. The van der Waals surface area contributed by atoms with Crippen LogP contribution < -0.4 is 0 Å². The van der Waals surface area contributed by atoms with Gasteiger partial charge in [0.25, 0.3) is 0 Å². The molecule has 0 bridgehead atoms. The molecule has 0 aromatic heterocycles. The van der Waals surface area contributed by atoms with Crippen molar-refractivity contribution in [3.63, 3.8) is 0 Å². The van der Waals surface area contributed by atoms with Crippen molar-refractivity contribution in [1.82, 2.24) is 0 Å². The molecule has 0 fully saturated rings. The van der Waals surface area contributed by atoms with Gasteiger partial charge >= 0.3 is 0 Å². The van der Waals surface area contributed by atoms with Gasteiger partial charge in [-0.25, -0.2) is 0 Å². The molecule has 0 unspecified atom stereocenters. The zero-order valence-electron chi connectivity index (χ0n) is 22.6. The SMILES string of the molecule is C[Si](C)(C)C#Cc1ccc2c(c1)C1(c3ccccc3-c3ccccc31)c1cc(C#C[Si](C)(C)C)ccc1-2. The van der Waals surface area contributed by atoms with Crippen LogP contribution in [-0.2, 0) is 5.41 Å². The van der Waals surface area contributed by atoms with E-state index in [2.05, 4.69) is 147 Å². The second-order valence-corrected chi connectivity index (χ2v) is 21.9. The minimum Gasteiger partial charge on any atom is -0.127 e. The third-order valence-electron chi connectivity index (χ3n) is 7.25. The maximum absolute atomic E-state index is 3.58. The van der Waals surface area contributed by atoms with Gasteiger partial charge in [0, 0.05) is 11.1 Å². The Morgan fingerprint density at radius 2 is 0.838 bits per heavy atom. The van der Waals surface area contributed by atoms with Crippen LogP contribution in [0.5, 0.6) is 0 Å². The molecule has 0 radical (unpaired) electrons. The third kappa shape index (κ3) is 3.84. The van der Waals surface area contributed by atoms with Gasteiger partial charge < -0.3 is 0 Å².